The zero-order chi connectivity index (χ0) is 35.9. The topological polar surface area (TPSA) is 163 Å². The van der Waals surface area contributed by atoms with E-state index in [1.807, 2.05) is 42.7 Å². The summed E-state index contributed by atoms with van der Waals surface area (Å²) in [5.74, 6) is -0.0428. The Kier molecular flexibility index (Phi) is 8.10. The summed E-state index contributed by atoms with van der Waals surface area (Å²) in [6.07, 6.45) is 6.45. The summed E-state index contributed by atoms with van der Waals surface area (Å²) in [4.78, 5) is 39.6. The van der Waals surface area contributed by atoms with Crippen LogP contribution in [0.5, 0.6) is 0 Å². The molecule has 0 saturated heterocycles. The SMILES string of the molecule is Cc1ccc(C)c(-n2cnc3cc(C(=O)NCc4ocnc4Cn4cc(-c5ccc(NC(=O)c6cnn7c(C)cc(C)nc67)cc5)nn4)ccc32)c1. The number of carbonyl (C=O) groups excluding carboxylic acids is 2. The Hall–Kier alpha value is -6.96. The number of imidazole rings is 1. The first-order valence-electron chi connectivity index (χ1n) is 16.6. The summed E-state index contributed by atoms with van der Waals surface area (Å²) in [5, 5.41) is 18.7. The quantitative estimate of drug-likeness (QED) is 0.191. The lowest BCUT2D eigenvalue weighted by molar-refractivity contribution is 0.0947. The molecule has 0 radical (unpaired) electrons. The number of nitrogens with zero attached hydrogens (tertiary/aromatic N) is 9. The third kappa shape index (κ3) is 6.17. The van der Waals surface area contributed by atoms with Crippen molar-refractivity contribution in [3.8, 4) is 16.9 Å². The van der Waals surface area contributed by atoms with Crippen LogP contribution in [-0.4, -0.2) is 55.9 Å². The molecule has 0 fully saturated rings. The first-order valence-corrected chi connectivity index (χ1v) is 16.6. The van der Waals surface area contributed by atoms with Crippen molar-refractivity contribution in [3.63, 3.8) is 0 Å². The molecular formula is C38H33N11O3. The molecule has 52 heavy (non-hydrogen) atoms. The molecule has 2 N–H and O–H groups in total. The van der Waals surface area contributed by atoms with Crippen molar-refractivity contribution in [2.24, 2.45) is 0 Å². The Labute approximate surface area is 297 Å². The third-order valence-corrected chi connectivity index (χ3v) is 8.88. The first-order chi connectivity index (χ1) is 25.2. The molecule has 14 heteroatoms. The van der Waals surface area contributed by atoms with Gasteiger partial charge in [-0.05, 0) is 81.3 Å². The molecule has 5 aromatic heterocycles. The highest BCUT2D eigenvalue weighted by atomic mass is 16.3. The number of hydrogen-bond acceptors (Lipinski definition) is 9. The Balaban J connectivity index is 0.895. The van der Waals surface area contributed by atoms with Crippen LogP contribution in [-0.2, 0) is 13.1 Å². The van der Waals surface area contributed by atoms with Gasteiger partial charge >= 0.3 is 0 Å². The van der Waals surface area contributed by atoms with Gasteiger partial charge in [0.05, 0.1) is 42.2 Å². The number of nitrogens with one attached hydrogen (secondary N) is 2. The van der Waals surface area contributed by atoms with Gasteiger partial charge in [-0.2, -0.15) is 5.10 Å². The Morgan fingerprint density at radius 2 is 1.75 bits per heavy atom. The molecule has 0 aliphatic carbocycles. The maximum Gasteiger partial charge on any atom is 0.261 e. The monoisotopic (exact) mass is 691 g/mol. The molecule has 8 rings (SSSR count). The highest BCUT2D eigenvalue weighted by Crippen LogP contribution is 2.24. The lowest BCUT2D eigenvalue weighted by Gasteiger charge is -2.10. The Bertz CT molecular complexity index is 2630. The second-order valence-electron chi connectivity index (χ2n) is 12.7. The maximum absolute atomic E-state index is 13.1. The molecular weight excluding hydrogens is 658 g/mol. The van der Waals surface area contributed by atoms with Gasteiger partial charge in [0.1, 0.15) is 29.0 Å². The summed E-state index contributed by atoms with van der Waals surface area (Å²) < 4.78 is 11.0. The number of fused-ring (bicyclic) bond motifs is 2. The van der Waals surface area contributed by atoms with E-state index >= 15 is 0 Å². The van der Waals surface area contributed by atoms with Crippen LogP contribution < -0.4 is 10.6 Å². The number of oxazole rings is 1. The molecule has 0 spiro atoms. The molecule has 0 aliphatic rings. The van der Waals surface area contributed by atoms with E-state index in [2.05, 4.69) is 73.0 Å². The predicted octanol–water partition coefficient (Wildman–Crippen LogP) is 5.78. The molecule has 5 heterocycles. The van der Waals surface area contributed by atoms with Gasteiger partial charge in [-0.25, -0.2) is 24.1 Å². The highest BCUT2D eigenvalue weighted by molar-refractivity contribution is 6.08. The number of amides is 2. The normalized spacial score (nSPS) is 11.4. The molecule has 0 bridgehead atoms. The second-order valence-corrected chi connectivity index (χ2v) is 12.7. The van der Waals surface area contributed by atoms with Crippen LogP contribution in [0.25, 0.3) is 33.6 Å². The van der Waals surface area contributed by atoms with Gasteiger partial charge in [0.2, 0.25) is 0 Å². The molecule has 0 saturated carbocycles. The summed E-state index contributed by atoms with van der Waals surface area (Å²) in [6.45, 7) is 8.36. The fourth-order valence-electron chi connectivity index (χ4n) is 6.17. The number of hydrogen-bond donors (Lipinski definition) is 2. The largest absolute Gasteiger partial charge is 0.446 e. The zero-order valence-electron chi connectivity index (χ0n) is 28.8. The van der Waals surface area contributed by atoms with Crippen LogP contribution in [0.4, 0.5) is 5.69 Å². The second kappa shape index (κ2) is 13.1. The van der Waals surface area contributed by atoms with Crippen LogP contribution >= 0.6 is 0 Å². The van der Waals surface area contributed by atoms with Gasteiger partial charge in [-0.3, -0.25) is 14.2 Å². The van der Waals surface area contributed by atoms with Crippen molar-refractivity contribution in [2.45, 2.75) is 40.8 Å². The van der Waals surface area contributed by atoms with Crippen LogP contribution in [0.1, 0.15) is 54.7 Å². The Morgan fingerprint density at radius 3 is 2.60 bits per heavy atom. The Morgan fingerprint density at radius 1 is 0.904 bits per heavy atom. The van der Waals surface area contributed by atoms with Crippen LogP contribution in [0.15, 0.2) is 96.3 Å². The summed E-state index contributed by atoms with van der Waals surface area (Å²) in [5.41, 5.74) is 10.8. The number of carbonyl (C=O) groups is 2. The van der Waals surface area contributed by atoms with Gasteiger partial charge < -0.3 is 15.1 Å². The molecule has 258 valence electrons. The lowest BCUT2D eigenvalue weighted by atomic mass is 10.1. The van der Waals surface area contributed by atoms with E-state index in [9.17, 15) is 9.59 Å². The van der Waals surface area contributed by atoms with Gasteiger partial charge in [0.25, 0.3) is 11.8 Å². The lowest BCUT2D eigenvalue weighted by Crippen LogP contribution is -2.23. The van der Waals surface area contributed by atoms with Crippen LogP contribution in [0.2, 0.25) is 0 Å². The first kappa shape index (κ1) is 32.3. The van der Waals surface area contributed by atoms with Gasteiger partial charge in [-0.15, -0.1) is 5.10 Å². The summed E-state index contributed by atoms with van der Waals surface area (Å²) in [6, 6.07) is 21.0. The van der Waals surface area contributed by atoms with Gasteiger partial charge in [0.15, 0.2) is 12.0 Å². The van der Waals surface area contributed by atoms with E-state index in [1.165, 1.54) is 12.6 Å². The van der Waals surface area contributed by atoms with Crippen molar-refractivity contribution in [1.82, 2.24) is 49.4 Å². The molecule has 0 atom stereocenters. The van der Waals surface area contributed by atoms with E-state index in [4.69, 9.17) is 4.42 Å². The third-order valence-electron chi connectivity index (χ3n) is 8.88. The van der Waals surface area contributed by atoms with Crippen LogP contribution in [0, 0.1) is 27.7 Å². The van der Waals surface area contributed by atoms with Gasteiger partial charge in [0, 0.05) is 28.2 Å². The highest BCUT2D eigenvalue weighted by Gasteiger charge is 2.18. The van der Waals surface area contributed by atoms with Crippen molar-refractivity contribution in [2.75, 3.05) is 5.32 Å². The number of benzene rings is 3. The minimum absolute atomic E-state index is 0.141. The molecule has 2 amide bonds. The van der Waals surface area contributed by atoms with Crippen molar-refractivity contribution >= 4 is 34.2 Å². The molecule has 8 aromatic rings. The molecule has 0 unspecified atom stereocenters. The summed E-state index contributed by atoms with van der Waals surface area (Å²) >= 11 is 0. The fourth-order valence-corrected chi connectivity index (χ4v) is 6.17. The van der Waals surface area contributed by atoms with Crippen LogP contribution in [0.3, 0.4) is 0 Å². The van der Waals surface area contributed by atoms with E-state index < -0.39 is 0 Å². The number of anilines is 1. The molecule has 0 aliphatic heterocycles. The van der Waals surface area contributed by atoms with Crippen molar-refractivity contribution < 1.29 is 14.0 Å². The predicted molar refractivity (Wildman–Crippen MR) is 193 cm³/mol. The minimum Gasteiger partial charge on any atom is -0.446 e. The van der Waals surface area contributed by atoms with E-state index in [1.54, 1.807) is 46.0 Å². The van der Waals surface area contributed by atoms with E-state index in [0.29, 0.717) is 39.6 Å². The smallest absolute Gasteiger partial charge is 0.261 e. The standard InChI is InChI=1S/C38H33N11O3/c1-22-5-6-23(2)34(13-22)48-20-40-30-15-27(9-12-33(30)48)37(50)39-17-35-32(41-21-52-35)19-47-18-31(45-46-47)26-7-10-28(11-8-26)44-38(51)29-16-42-49-25(4)14-24(3)43-36(29)49/h5-16,18,20-21H,17,19H2,1-4H3,(H,39,50)(H,44,51). The average Bonchev–Trinajstić information content (AvgIpc) is 3.95. The average molecular weight is 692 g/mol. The minimum atomic E-state index is -0.299. The van der Waals surface area contributed by atoms with E-state index in [0.717, 1.165) is 44.8 Å². The number of aryl methyl sites for hydroxylation is 4. The van der Waals surface area contributed by atoms with Crippen molar-refractivity contribution in [1.29, 1.82) is 0 Å². The summed E-state index contributed by atoms with van der Waals surface area (Å²) in [7, 11) is 0. The molecule has 14 nitrogen and oxygen atoms in total. The molecule has 3 aromatic carbocycles. The van der Waals surface area contributed by atoms with Crippen molar-refractivity contribution in [3.05, 3.63) is 137 Å². The maximum atomic E-state index is 13.1. The number of rotatable bonds is 9. The van der Waals surface area contributed by atoms with E-state index in [-0.39, 0.29) is 24.9 Å². The van der Waals surface area contributed by atoms with Gasteiger partial charge in [-0.1, -0.05) is 29.5 Å². The number of aromatic nitrogens is 9. The fraction of sp³-hybridized carbons (Fsp3) is 0.158. The zero-order valence-corrected chi connectivity index (χ0v) is 28.8.